The molecule has 2 N–H and O–H groups in total. The van der Waals surface area contributed by atoms with Crippen LogP contribution in [0.2, 0.25) is 0 Å². The molecule has 2 atom stereocenters. The number of hydrogen-bond acceptors (Lipinski definition) is 4. The summed E-state index contributed by atoms with van der Waals surface area (Å²) in [5, 5.41) is 5.65. The Morgan fingerprint density at radius 1 is 1.30 bits per heavy atom. The molecule has 1 fully saturated rings. The summed E-state index contributed by atoms with van der Waals surface area (Å²) < 4.78 is 5.28. The van der Waals surface area contributed by atoms with Gasteiger partial charge in [0.15, 0.2) is 0 Å². The predicted octanol–water partition coefficient (Wildman–Crippen LogP) is -0.0144. The number of ether oxygens (including phenoxy) is 1. The molecule has 0 aromatic carbocycles. The van der Waals surface area contributed by atoms with Crippen molar-refractivity contribution in [1.29, 1.82) is 0 Å². The first-order valence-corrected chi connectivity index (χ1v) is 7.39. The van der Waals surface area contributed by atoms with Gasteiger partial charge in [-0.25, -0.2) is 0 Å². The SMILES string of the molecule is CCC(C)C(NC(C)=O)C(=O)NCCN1CCOCC1. The molecule has 0 bridgehead atoms. The van der Waals surface area contributed by atoms with Gasteiger partial charge in [0.05, 0.1) is 13.2 Å². The van der Waals surface area contributed by atoms with Crippen LogP contribution < -0.4 is 10.6 Å². The van der Waals surface area contributed by atoms with E-state index in [1.807, 2.05) is 13.8 Å². The summed E-state index contributed by atoms with van der Waals surface area (Å²) in [6.45, 7) is 10.2. The van der Waals surface area contributed by atoms with Gasteiger partial charge in [-0.1, -0.05) is 20.3 Å². The summed E-state index contributed by atoms with van der Waals surface area (Å²) in [4.78, 5) is 25.6. The molecule has 1 rings (SSSR count). The van der Waals surface area contributed by atoms with Crippen LogP contribution in [-0.4, -0.2) is 62.1 Å². The lowest BCUT2D eigenvalue weighted by Crippen LogP contribution is -2.51. The zero-order chi connectivity index (χ0) is 15.0. The topological polar surface area (TPSA) is 70.7 Å². The highest BCUT2D eigenvalue weighted by molar-refractivity contribution is 5.87. The van der Waals surface area contributed by atoms with E-state index < -0.39 is 6.04 Å². The van der Waals surface area contributed by atoms with E-state index in [9.17, 15) is 9.59 Å². The Morgan fingerprint density at radius 2 is 1.95 bits per heavy atom. The molecule has 6 nitrogen and oxygen atoms in total. The molecule has 2 unspecified atom stereocenters. The summed E-state index contributed by atoms with van der Waals surface area (Å²) in [6, 6.07) is -0.442. The van der Waals surface area contributed by atoms with E-state index >= 15 is 0 Å². The largest absolute Gasteiger partial charge is 0.379 e. The van der Waals surface area contributed by atoms with Crippen LogP contribution in [0.15, 0.2) is 0 Å². The second-order valence-electron chi connectivity index (χ2n) is 5.31. The summed E-state index contributed by atoms with van der Waals surface area (Å²) in [5.74, 6) is -0.135. The minimum atomic E-state index is -0.442. The molecule has 0 aromatic rings. The van der Waals surface area contributed by atoms with Crippen molar-refractivity contribution in [3.05, 3.63) is 0 Å². The van der Waals surface area contributed by atoms with Crippen LogP contribution in [0.4, 0.5) is 0 Å². The number of nitrogens with zero attached hydrogens (tertiary/aromatic N) is 1. The number of nitrogens with one attached hydrogen (secondary N) is 2. The highest BCUT2D eigenvalue weighted by atomic mass is 16.5. The smallest absolute Gasteiger partial charge is 0.242 e. The van der Waals surface area contributed by atoms with Gasteiger partial charge in [-0.2, -0.15) is 0 Å². The van der Waals surface area contributed by atoms with Gasteiger partial charge in [0, 0.05) is 33.1 Å². The molecule has 1 aliphatic rings. The molecule has 0 spiro atoms. The molecule has 20 heavy (non-hydrogen) atoms. The zero-order valence-corrected chi connectivity index (χ0v) is 12.8. The number of amides is 2. The van der Waals surface area contributed by atoms with Crippen LogP contribution in [0.3, 0.4) is 0 Å². The van der Waals surface area contributed by atoms with Gasteiger partial charge in [0.25, 0.3) is 0 Å². The number of morpholine rings is 1. The minimum Gasteiger partial charge on any atom is -0.379 e. The van der Waals surface area contributed by atoms with Crippen LogP contribution >= 0.6 is 0 Å². The second-order valence-corrected chi connectivity index (χ2v) is 5.31. The fourth-order valence-electron chi connectivity index (χ4n) is 2.19. The van der Waals surface area contributed by atoms with Crippen molar-refractivity contribution in [1.82, 2.24) is 15.5 Å². The maximum atomic E-state index is 12.2. The maximum absolute atomic E-state index is 12.2. The Bertz CT molecular complexity index is 317. The second kappa shape index (κ2) is 8.92. The summed E-state index contributed by atoms with van der Waals surface area (Å²) in [7, 11) is 0. The molecule has 0 aromatic heterocycles. The predicted molar refractivity (Wildman–Crippen MR) is 77.3 cm³/mol. The molecule has 2 amide bonds. The van der Waals surface area contributed by atoms with E-state index in [-0.39, 0.29) is 17.7 Å². The highest BCUT2D eigenvalue weighted by Gasteiger charge is 2.24. The first-order chi connectivity index (χ1) is 9.54. The lowest BCUT2D eigenvalue weighted by Gasteiger charge is -2.27. The van der Waals surface area contributed by atoms with Crippen molar-refractivity contribution in [3.8, 4) is 0 Å². The fourth-order valence-corrected chi connectivity index (χ4v) is 2.19. The number of rotatable bonds is 7. The van der Waals surface area contributed by atoms with E-state index in [1.165, 1.54) is 6.92 Å². The standard InChI is InChI=1S/C14H27N3O3/c1-4-11(2)13(16-12(3)18)14(19)15-5-6-17-7-9-20-10-8-17/h11,13H,4-10H2,1-3H3,(H,15,19)(H,16,18). The fraction of sp³-hybridized carbons (Fsp3) is 0.857. The highest BCUT2D eigenvalue weighted by Crippen LogP contribution is 2.07. The van der Waals surface area contributed by atoms with Gasteiger partial charge < -0.3 is 15.4 Å². The first-order valence-electron chi connectivity index (χ1n) is 7.39. The van der Waals surface area contributed by atoms with Gasteiger partial charge in [-0.15, -0.1) is 0 Å². The Kier molecular flexibility index (Phi) is 7.54. The maximum Gasteiger partial charge on any atom is 0.242 e. The van der Waals surface area contributed by atoms with E-state index in [4.69, 9.17) is 4.74 Å². The van der Waals surface area contributed by atoms with Crippen molar-refractivity contribution >= 4 is 11.8 Å². The average molecular weight is 285 g/mol. The van der Waals surface area contributed by atoms with Crippen molar-refractivity contribution in [3.63, 3.8) is 0 Å². The summed E-state index contributed by atoms with van der Waals surface area (Å²) in [5.41, 5.74) is 0. The third-order valence-electron chi connectivity index (χ3n) is 3.69. The quantitative estimate of drug-likeness (QED) is 0.690. The molecule has 0 saturated carbocycles. The van der Waals surface area contributed by atoms with Gasteiger partial charge in [-0.05, 0) is 5.92 Å². The molecular weight excluding hydrogens is 258 g/mol. The van der Waals surface area contributed by atoms with E-state index in [2.05, 4.69) is 15.5 Å². The normalized spacial score (nSPS) is 19.1. The molecule has 0 aliphatic carbocycles. The lowest BCUT2D eigenvalue weighted by atomic mass is 9.98. The number of carbonyl (C=O) groups excluding carboxylic acids is 2. The summed E-state index contributed by atoms with van der Waals surface area (Å²) in [6.07, 6.45) is 0.849. The monoisotopic (exact) mass is 285 g/mol. The van der Waals surface area contributed by atoms with Gasteiger partial charge >= 0.3 is 0 Å². The Balaban J connectivity index is 2.34. The molecule has 6 heteroatoms. The van der Waals surface area contributed by atoms with Crippen LogP contribution in [0, 0.1) is 5.92 Å². The molecule has 0 radical (unpaired) electrons. The number of carbonyl (C=O) groups is 2. The van der Waals surface area contributed by atoms with Crippen LogP contribution in [0.5, 0.6) is 0 Å². The van der Waals surface area contributed by atoms with Crippen LogP contribution in [0.25, 0.3) is 0 Å². The van der Waals surface area contributed by atoms with Crippen molar-refractivity contribution in [2.45, 2.75) is 33.2 Å². The first kappa shape index (κ1) is 16.9. The van der Waals surface area contributed by atoms with Crippen molar-refractivity contribution in [2.24, 2.45) is 5.92 Å². The Morgan fingerprint density at radius 3 is 2.50 bits per heavy atom. The molecular formula is C14H27N3O3. The van der Waals surface area contributed by atoms with Gasteiger partial charge in [-0.3, -0.25) is 14.5 Å². The average Bonchev–Trinajstić information content (AvgIpc) is 2.44. The minimum absolute atomic E-state index is 0.0946. The van der Waals surface area contributed by atoms with Gasteiger partial charge in [0.2, 0.25) is 11.8 Å². The Hall–Kier alpha value is -1.14. The van der Waals surface area contributed by atoms with Crippen LogP contribution in [-0.2, 0) is 14.3 Å². The number of hydrogen-bond donors (Lipinski definition) is 2. The summed E-state index contributed by atoms with van der Waals surface area (Å²) >= 11 is 0. The molecule has 1 aliphatic heterocycles. The lowest BCUT2D eigenvalue weighted by molar-refractivity contribution is -0.129. The third-order valence-corrected chi connectivity index (χ3v) is 3.69. The third kappa shape index (κ3) is 5.88. The molecule has 116 valence electrons. The van der Waals surface area contributed by atoms with Crippen molar-refractivity contribution in [2.75, 3.05) is 39.4 Å². The Labute approximate surface area is 121 Å². The van der Waals surface area contributed by atoms with Crippen molar-refractivity contribution < 1.29 is 14.3 Å². The molecule has 1 heterocycles. The zero-order valence-electron chi connectivity index (χ0n) is 12.8. The van der Waals surface area contributed by atoms with E-state index in [1.54, 1.807) is 0 Å². The van der Waals surface area contributed by atoms with Crippen LogP contribution in [0.1, 0.15) is 27.2 Å². The van der Waals surface area contributed by atoms with E-state index in [0.717, 1.165) is 39.3 Å². The van der Waals surface area contributed by atoms with E-state index in [0.29, 0.717) is 6.54 Å². The van der Waals surface area contributed by atoms with Gasteiger partial charge in [0.1, 0.15) is 6.04 Å². The molecule has 1 saturated heterocycles.